The maximum Gasteiger partial charge on any atom is 0.275 e. The highest BCUT2D eigenvalue weighted by atomic mass is 16.1. The fourth-order valence-corrected chi connectivity index (χ4v) is 3.92. The molecular weight excluding hydrogens is 360 g/mol. The van der Waals surface area contributed by atoms with Gasteiger partial charge in [-0.3, -0.25) is 9.69 Å². The van der Waals surface area contributed by atoms with Gasteiger partial charge in [0.05, 0.1) is 17.7 Å². The Kier molecular flexibility index (Phi) is 6.07. The molecule has 152 valence electrons. The lowest BCUT2D eigenvalue weighted by Gasteiger charge is -2.35. The Bertz CT molecular complexity index is 1000. The average Bonchev–Trinajstić information content (AvgIpc) is 2.76. The van der Waals surface area contributed by atoms with Gasteiger partial charge in [0.25, 0.3) is 5.56 Å². The molecule has 1 saturated heterocycles. The monoisotopic (exact) mass is 390 g/mol. The molecule has 1 fully saturated rings. The van der Waals surface area contributed by atoms with Gasteiger partial charge >= 0.3 is 0 Å². The van der Waals surface area contributed by atoms with Crippen molar-refractivity contribution in [2.75, 3.05) is 32.7 Å². The van der Waals surface area contributed by atoms with Gasteiger partial charge in [-0.15, -0.1) is 0 Å². The second-order valence-corrected chi connectivity index (χ2v) is 8.35. The fourth-order valence-electron chi connectivity index (χ4n) is 3.92. The van der Waals surface area contributed by atoms with Crippen LogP contribution in [-0.2, 0) is 6.67 Å². The Balaban J connectivity index is 1.57. The van der Waals surface area contributed by atoms with Crippen LogP contribution in [0.3, 0.4) is 0 Å². The molecule has 1 aromatic heterocycles. The van der Waals surface area contributed by atoms with E-state index in [0.29, 0.717) is 6.67 Å². The van der Waals surface area contributed by atoms with Crippen molar-refractivity contribution in [1.82, 2.24) is 19.6 Å². The van der Waals surface area contributed by atoms with Gasteiger partial charge in [-0.25, -0.2) is 4.68 Å². The third-order valence-electron chi connectivity index (χ3n) is 5.74. The van der Waals surface area contributed by atoms with Crippen LogP contribution in [0.5, 0.6) is 0 Å². The molecule has 5 heteroatoms. The predicted octanol–water partition coefficient (Wildman–Crippen LogP) is 3.68. The van der Waals surface area contributed by atoms with Gasteiger partial charge in [0, 0.05) is 37.1 Å². The van der Waals surface area contributed by atoms with Gasteiger partial charge in [-0.05, 0) is 24.9 Å². The largest absolute Gasteiger partial charge is 0.301 e. The first-order chi connectivity index (χ1) is 14.1. The van der Waals surface area contributed by atoms with Crippen molar-refractivity contribution in [2.45, 2.75) is 26.9 Å². The van der Waals surface area contributed by atoms with Crippen molar-refractivity contribution in [1.29, 1.82) is 0 Å². The number of fused-ring (bicyclic) bond motifs is 1. The quantitative estimate of drug-likeness (QED) is 0.644. The zero-order chi connectivity index (χ0) is 20.2. The molecule has 1 aliphatic rings. The van der Waals surface area contributed by atoms with Crippen LogP contribution in [0, 0.1) is 5.92 Å². The Morgan fingerprint density at radius 1 is 0.862 bits per heavy atom. The minimum Gasteiger partial charge on any atom is -0.301 e. The van der Waals surface area contributed by atoms with E-state index in [2.05, 4.69) is 35.8 Å². The summed E-state index contributed by atoms with van der Waals surface area (Å²) in [6.45, 7) is 10.3. The van der Waals surface area contributed by atoms with Crippen LogP contribution >= 0.6 is 0 Å². The highest BCUT2D eigenvalue weighted by molar-refractivity contribution is 5.93. The summed E-state index contributed by atoms with van der Waals surface area (Å²) in [7, 11) is 0. The van der Waals surface area contributed by atoms with Gasteiger partial charge in [0.15, 0.2) is 0 Å². The molecule has 4 rings (SSSR count). The molecule has 3 aromatic rings. The Morgan fingerprint density at radius 3 is 2.17 bits per heavy atom. The predicted molar refractivity (Wildman–Crippen MR) is 119 cm³/mol. The van der Waals surface area contributed by atoms with Crippen molar-refractivity contribution in [2.24, 2.45) is 5.92 Å². The number of aromatic nitrogens is 2. The molecule has 0 atom stereocenters. The average molecular weight is 391 g/mol. The number of nitrogens with zero attached hydrogens (tertiary/aromatic N) is 4. The van der Waals surface area contributed by atoms with Crippen LogP contribution < -0.4 is 5.56 Å². The molecule has 2 heterocycles. The van der Waals surface area contributed by atoms with Gasteiger partial charge in [-0.1, -0.05) is 62.4 Å². The summed E-state index contributed by atoms with van der Waals surface area (Å²) in [6.07, 6.45) is 1.24. The van der Waals surface area contributed by atoms with Gasteiger partial charge < -0.3 is 4.90 Å². The van der Waals surface area contributed by atoms with Crippen LogP contribution in [0.4, 0.5) is 0 Å². The standard InChI is InChI=1S/C24H30N4O/c1-19(2)12-13-26-14-16-27(17-15-26)18-28-24(29)22-11-7-6-10-21(22)23(25-28)20-8-4-3-5-9-20/h3-11,19H,12-18H2,1-2H3. The Morgan fingerprint density at radius 2 is 1.48 bits per heavy atom. The SMILES string of the molecule is CC(C)CCN1CCN(Cn2nc(-c3ccccc3)c3ccccc3c2=O)CC1. The molecule has 0 radical (unpaired) electrons. The molecule has 1 aliphatic heterocycles. The van der Waals surface area contributed by atoms with Gasteiger partial charge in [-0.2, -0.15) is 5.10 Å². The van der Waals surface area contributed by atoms with Crippen LogP contribution in [0.25, 0.3) is 22.0 Å². The summed E-state index contributed by atoms with van der Waals surface area (Å²) in [6, 6.07) is 17.9. The molecule has 0 bridgehead atoms. The highest BCUT2D eigenvalue weighted by Gasteiger charge is 2.19. The van der Waals surface area contributed by atoms with Gasteiger partial charge in [0.1, 0.15) is 0 Å². The van der Waals surface area contributed by atoms with E-state index in [1.807, 2.05) is 42.5 Å². The summed E-state index contributed by atoms with van der Waals surface area (Å²) in [5, 5.41) is 6.44. The lowest BCUT2D eigenvalue weighted by atomic mass is 10.1. The molecule has 0 saturated carbocycles. The van der Waals surface area contributed by atoms with E-state index >= 15 is 0 Å². The maximum atomic E-state index is 13.1. The normalized spacial score (nSPS) is 16.0. The second-order valence-electron chi connectivity index (χ2n) is 8.35. The molecule has 5 nitrogen and oxygen atoms in total. The van der Waals surface area contributed by atoms with Crippen molar-refractivity contribution >= 4 is 10.8 Å². The van der Waals surface area contributed by atoms with E-state index in [1.165, 1.54) is 6.42 Å². The Hall–Kier alpha value is -2.50. The van der Waals surface area contributed by atoms with Gasteiger partial charge in [0.2, 0.25) is 0 Å². The smallest absolute Gasteiger partial charge is 0.275 e. The van der Waals surface area contributed by atoms with Crippen LogP contribution in [0.2, 0.25) is 0 Å². The van der Waals surface area contributed by atoms with E-state index in [9.17, 15) is 4.79 Å². The first kappa shape index (κ1) is 19.8. The van der Waals surface area contributed by atoms with Crippen LogP contribution in [0.1, 0.15) is 20.3 Å². The first-order valence-electron chi connectivity index (χ1n) is 10.6. The van der Waals surface area contributed by atoms with E-state index in [4.69, 9.17) is 5.10 Å². The second kappa shape index (κ2) is 8.89. The van der Waals surface area contributed by atoms with E-state index in [0.717, 1.165) is 60.7 Å². The van der Waals surface area contributed by atoms with Crippen molar-refractivity contribution in [3.05, 3.63) is 65.0 Å². The number of hydrogen-bond acceptors (Lipinski definition) is 4. The minimum atomic E-state index is -0.0116. The van der Waals surface area contributed by atoms with E-state index in [-0.39, 0.29) is 5.56 Å². The van der Waals surface area contributed by atoms with E-state index < -0.39 is 0 Å². The number of piperazine rings is 1. The number of rotatable bonds is 6. The van der Waals surface area contributed by atoms with Crippen molar-refractivity contribution < 1.29 is 0 Å². The summed E-state index contributed by atoms with van der Waals surface area (Å²) in [5.74, 6) is 0.741. The molecule has 0 spiro atoms. The lowest BCUT2D eigenvalue weighted by Crippen LogP contribution is -2.48. The number of hydrogen-bond donors (Lipinski definition) is 0. The molecule has 0 aliphatic carbocycles. The maximum absolute atomic E-state index is 13.1. The fraction of sp³-hybridized carbons (Fsp3) is 0.417. The number of benzene rings is 2. The summed E-state index contributed by atoms with van der Waals surface area (Å²) < 4.78 is 1.65. The molecule has 0 unspecified atom stereocenters. The van der Waals surface area contributed by atoms with Crippen molar-refractivity contribution in [3.63, 3.8) is 0 Å². The first-order valence-corrected chi connectivity index (χ1v) is 10.6. The third-order valence-corrected chi connectivity index (χ3v) is 5.74. The molecule has 0 N–H and O–H groups in total. The third kappa shape index (κ3) is 4.57. The van der Waals surface area contributed by atoms with E-state index in [1.54, 1.807) is 4.68 Å². The lowest BCUT2D eigenvalue weighted by molar-refractivity contribution is 0.0986. The highest BCUT2D eigenvalue weighted by Crippen LogP contribution is 2.24. The summed E-state index contributed by atoms with van der Waals surface area (Å²) in [4.78, 5) is 18.0. The summed E-state index contributed by atoms with van der Waals surface area (Å²) in [5.41, 5.74) is 1.90. The molecule has 0 amide bonds. The zero-order valence-electron chi connectivity index (χ0n) is 17.4. The zero-order valence-corrected chi connectivity index (χ0v) is 17.4. The summed E-state index contributed by atoms with van der Waals surface area (Å²) >= 11 is 0. The Labute approximate surface area is 172 Å². The van der Waals surface area contributed by atoms with Crippen LogP contribution in [-0.4, -0.2) is 52.3 Å². The van der Waals surface area contributed by atoms with Crippen molar-refractivity contribution in [3.8, 4) is 11.3 Å². The molecule has 29 heavy (non-hydrogen) atoms. The van der Waals surface area contributed by atoms with Crippen LogP contribution in [0.15, 0.2) is 59.4 Å². The molecular formula is C24H30N4O. The minimum absolute atomic E-state index is 0.0116. The molecule has 2 aromatic carbocycles. The topological polar surface area (TPSA) is 41.4 Å².